The maximum Gasteiger partial charge on any atom is 0.307 e. The van der Waals surface area contributed by atoms with E-state index in [9.17, 15) is 14.9 Å². The number of carbonyl (C=O) groups excluding carboxylic acids is 1. The van der Waals surface area contributed by atoms with E-state index in [2.05, 4.69) is 15.6 Å². The van der Waals surface area contributed by atoms with Crippen molar-refractivity contribution < 1.29 is 14.5 Å². The van der Waals surface area contributed by atoms with Gasteiger partial charge in [0.25, 0.3) is 0 Å². The molecule has 0 aliphatic heterocycles. The van der Waals surface area contributed by atoms with Crippen LogP contribution in [-0.4, -0.2) is 33.9 Å². The van der Waals surface area contributed by atoms with Crippen LogP contribution in [0.1, 0.15) is 29.0 Å². The van der Waals surface area contributed by atoms with E-state index in [1.807, 2.05) is 42.5 Å². The van der Waals surface area contributed by atoms with Crippen LogP contribution in [0.2, 0.25) is 0 Å². The summed E-state index contributed by atoms with van der Waals surface area (Å²) in [5.74, 6) is 0.731. The summed E-state index contributed by atoms with van der Waals surface area (Å²) in [4.78, 5) is 22.7. The Balaban J connectivity index is 1.39. The quantitative estimate of drug-likeness (QED) is 0.343. The van der Waals surface area contributed by atoms with Gasteiger partial charge in [-0.3, -0.25) is 19.6 Å². The molecule has 0 radical (unpaired) electrons. The Morgan fingerprint density at radius 3 is 2.87 bits per heavy atom. The van der Waals surface area contributed by atoms with Crippen molar-refractivity contribution in [3.05, 3.63) is 87.7 Å². The van der Waals surface area contributed by atoms with E-state index in [1.54, 1.807) is 19.4 Å². The van der Waals surface area contributed by atoms with Crippen LogP contribution < -0.4 is 10.2 Å². The smallest absolute Gasteiger partial charge is 0.307 e. The van der Waals surface area contributed by atoms with Gasteiger partial charge in [0, 0.05) is 11.5 Å². The van der Waals surface area contributed by atoms with E-state index in [1.165, 1.54) is 22.6 Å². The number of nitro groups is 1. The number of aromatic nitrogens is 2. The number of amides is 1. The van der Waals surface area contributed by atoms with Gasteiger partial charge in [0.15, 0.2) is 0 Å². The van der Waals surface area contributed by atoms with Crippen LogP contribution in [0.4, 0.5) is 5.69 Å². The number of methoxy groups -OCH3 is 1. The number of nitrogens with one attached hydrogen (secondary N) is 1. The lowest BCUT2D eigenvalue weighted by Gasteiger charge is -2.09. The summed E-state index contributed by atoms with van der Waals surface area (Å²) in [6.45, 7) is 0.298. The molecule has 4 rings (SSSR count). The summed E-state index contributed by atoms with van der Waals surface area (Å²) in [5, 5.41) is 18.9. The maximum absolute atomic E-state index is 12.3. The van der Waals surface area contributed by atoms with Gasteiger partial charge in [-0.1, -0.05) is 30.3 Å². The largest absolute Gasteiger partial charge is 0.496 e. The third-order valence-electron chi connectivity index (χ3n) is 5.21. The Labute approximate surface area is 178 Å². The Morgan fingerprint density at radius 2 is 2.16 bits per heavy atom. The van der Waals surface area contributed by atoms with Crippen molar-refractivity contribution >= 4 is 17.8 Å². The van der Waals surface area contributed by atoms with Crippen molar-refractivity contribution in [1.29, 1.82) is 0 Å². The molecule has 0 unspecified atom stereocenters. The standard InChI is InChI=1S/C22H21N5O4/c1-31-21-8-7-15(9-17(21)13-26-14-18(12-24-26)27(29)30)11-23-25-22(28)20-10-19(20)16-5-3-2-4-6-16/h2-9,11-12,14,19-20H,10,13H2,1H3,(H,25,28)/b23-11-/t19-,20-/m1/s1. The highest BCUT2D eigenvalue weighted by Gasteiger charge is 2.43. The van der Waals surface area contributed by atoms with Crippen molar-refractivity contribution in [2.24, 2.45) is 11.0 Å². The molecule has 1 N–H and O–H groups in total. The fourth-order valence-electron chi connectivity index (χ4n) is 3.52. The number of carbonyl (C=O) groups is 1. The zero-order valence-electron chi connectivity index (χ0n) is 16.8. The first-order valence-electron chi connectivity index (χ1n) is 9.77. The molecule has 0 saturated heterocycles. The van der Waals surface area contributed by atoms with Crippen molar-refractivity contribution in [1.82, 2.24) is 15.2 Å². The molecule has 1 heterocycles. The SMILES string of the molecule is COc1ccc(/C=N\NC(=O)[C@@H]2C[C@@H]2c2ccccc2)cc1Cn1cc([N+](=O)[O-])cn1. The summed E-state index contributed by atoms with van der Waals surface area (Å²) in [6, 6.07) is 15.4. The van der Waals surface area contributed by atoms with E-state index in [0.717, 1.165) is 17.5 Å². The number of hydrogen-bond donors (Lipinski definition) is 1. The molecule has 0 spiro atoms. The summed E-state index contributed by atoms with van der Waals surface area (Å²) in [6.07, 6.45) is 4.95. The third-order valence-corrected chi connectivity index (χ3v) is 5.21. The van der Waals surface area contributed by atoms with Gasteiger partial charge in [0.2, 0.25) is 5.91 Å². The second-order valence-corrected chi connectivity index (χ2v) is 7.32. The van der Waals surface area contributed by atoms with E-state index >= 15 is 0 Å². The second-order valence-electron chi connectivity index (χ2n) is 7.32. The Kier molecular flexibility index (Phi) is 5.74. The zero-order chi connectivity index (χ0) is 21.8. The van der Waals surface area contributed by atoms with E-state index < -0.39 is 4.92 Å². The van der Waals surface area contributed by atoms with E-state index in [4.69, 9.17) is 4.74 Å². The molecule has 9 heteroatoms. The van der Waals surface area contributed by atoms with Gasteiger partial charge in [0.05, 0.1) is 24.8 Å². The molecule has 9 nitrogen and oxygen atoms in total. The molecule has 1 aliphatic rings. The lowest BCUT2D eigenvalue weighted by Crippen LogP contribution is -2.20. The Hall–Kier alpha value is -4.01. The van der Waals surface area contributed by atoms with Gasteiger partial charge >= 0.3 is 5.69 Å². The van der Waals surface area contributed by atoms with Crippen LogP contribution in [0.3, 0.4) is 0 Å². The molecule has 31 heavy (non-hydrogen) atoms. The molecule has 1 fully saturated rings. The number of rotatable bonds is 8. The van der Waals surface area contributed by atoms with Crippen molar-refractivity contribution in [2.75, 3.05) is 7.11 Å². The molecule has 1 aromatic heterocycles. The first kappa shape index (κ1) is 20.3. The molecular weight excluding hydrogens is 398 g/mol. The normalized spacial score (nSPS) is 17.5. The number of hydrogen-bond acceptors (Lipinski definition) is 6. The van der Waals surface area contributed by atoms with Gasteiger partial charge in [-0.15, -0.1) is 0 Å². The number of ether oxygens (including phenoxy) is 1. The highest BCUT2D eigenvalue weighted by Crippen LogP contribution is 2.47. The Morgan fingerprint density at radius 1 is 1.35 bits per heavy atom. The molecule has 1 amide bonds. The van der Waals surface area contributed by atoms with Gasteiger partial charge in [-0.05, 0) is 41.7 Å². The second kappa shape index (κ2) is 8.78. The minimum atomic E-state index is -0.491. The molecule has 1 saturated carbocycles. The minimum Gasteiger partial charge on any atom is -0.496 e. The molecule has 2 atom stereocenters. The fraction of sp³-hybridized carbons (Fsp3) is 0.227. The monoisotopic (exact) mass is 419 g/mol. The minimum absolute atomic E-state index is 0.0541. The van der Waals surface area contributed by atoms with Gasteiger partial charge < -0.3 is 4.74 Å². The maximum atomic E-state index is 12.3. The van der Waals surface area contributed by atoms with E-state index in [-0.39, 0.29) is 23.4 Å². The Bertz CT molecular complexity index is 1130. The first-order valence-corrected chi connectivity index (χ1v) is 9.77. The highest BCUT2D eigenvalue weighted by molar-refractivity contribution is 5.85. The van der Waals surface area contributed by atoms with Crippen LogP contribution in [0, 0.1) is 16.0 Å². The topological polar surface area (TPSA) is 112 Å². The number of benzene rings is 2. The first-order chi connectivity index (χ1) is 15.0. The predicted molar refractivity (Wildman–Crippen MR) is 114 cm³/mol. The van der Waals surface area contributed by atoms with Crippen LogP contribution in [-0.2, 0) is 11.3 Å². The van der Waals surface area contributed by atoms with Crippen molar-refractivity contribution in [3.8, 4) is 5.75 Å². The molecular formula is C22H21N5O4. The molecule has 158 valence electrons. The lowest BCUT2D eigenvalue weighted by atomic mass is 10.1. The molecule has 1 aliphatic carbocycles. The summed E-state index contributed by atoms with van der Waals surface area (Å²) >= 11 is 0. The van der Waals surface area contributed by atoms with Crippen molar-refractivity contribution in [3.63, 3.8) is 0 Å². The van der Waals surface area contributed by atoms with E-state index in [0.29, 0.717) is 12.3 Å². The zero-order valence-corrected chi connectivity index (χ0v) is 16.8. The predicted octanol–water partition coefficient (Wildman–Crippen LogP) is 3.10. The van der Waals surface area contributed by atoms with Crippen LogP contribution in [0.15, 0.2) is 66.0 Å². The van der Waals surface area contributed by atoms with Crippen LogP contribution in [0.25, 0.3) is 0 Å². The third kappa shape index (κ3) is 4.77. The highest BCUT2D eigenvalue weighted by atomic mass is 16.6. The average Bonchev–Trinajstić information content (AvgIpc) is 3.45. The lowest BCUT2D eigenvalue weighted by molar-refractivity contribution is -0.385. The molecule has 2 aromatic carbocycles. The van der Waals surface area contributed by atoms with Crippen LogP contribution in [0.5, 0.6) is 5.75 Å². The number of nitrogens with zero attached hydrogens (tertiary/aromatic N) is 4. The molecule has 0 bridgehead atoms. The number of hydrazone groups is 1. The summed E-state index contributed by atoms with van der Waals surface area (Å²) < 4.78 is 6.84. The van der Waals surface area contributed by atoms with Gasteiger partial charge in [-0.25, -0.2) is 5.43 Å². The average molecular weight is 419 g/mol. The summed E-state index contributed by atoms with van der Waals surface area (Å²) in [5.41, 5.74) is 5.25. The molecule has 3 aromatic rings. The van der Waals surface area contributed by atoms with Gasteiger partial charge in [0.1, 0.15) is 18.1 Å². The van der Waals surface area contributed by atoms with Gasteiger partial charge in [-0.2, -0.15) is 10.2 Å². The fourth-order valence-corrected chi connectivity index (χ4v) is 3.52. The van der Waals surface area contributed by atoms with Crippen molar-refractivity contribution in [2.45, 2.75) is 18.9 Å². The van der Waals surface area contributed by atoms with Crippen LogP contribution >= 0.6 is 0 Å². The summed E-state index contributed by atoms with van der Waals surface area (Å²) in [7, 11) is 1.55.